The first kappa shape index (κ1) is 21.2. The lowest BCUT2D eigenvalue weighted by Gasteiger charge is -2.42. The minimum absolute atomic E-state index is 0.718. The highest BCUT2D eigenvalue weighted by molar-refractivity contribution is 5.12. The second-order valence-electron chi connectivity index (χ2n) is 4.68. The summed E-state index contributed by atoms with van der Waals surface area (Å²) in [7, 11) is 0. The van der Waals surface area contributed by atoms with Gasteiger partial charge in [-0.05, 0) is 6.92 Å². The maximum Gasteiger partial charge on any atom is 0.460 e. The van der Waals surface area contributed by atoms with Gasteiger partial charge in [0.1, 0.15) is 0 Å². The number of hydrogen-bond donors (Lipinski definition) is 0. The average molecular weight is 358 g/mol. The molecule has 0 aliphatic carbocycles. The van der Waals surface area contributed by atoms with Gasteiger partial charge in [0.15, 0.2) is 0 Å². The summed E-state index contributed by atoms with van der Waals surface area (Å²) in [5.74, 6) is -27.1. The summed E-state index contributed by atoms with van der Waals surface area (Å²) >= 11 is 0. The van der Waals surface area contributed by atoms with Crippen LogP contribution in [0.2, 0.25) is 0 Å². The van der Waals surface area contributed by atoms with Gasteiger partial charge < -0.3 is 0 Å². The van der Waals surface area contributed by atoms with Crippen LogP contribution in [0.15, 0.2) is 0 Å². The van der Waals surface area contributed by atoms with Gasteiger partial charge >= 0.3 is 23.9 Å². The Bertz CT molecular complexity index is 391. The van der Waals surface area contributed by atoms with E-state index in [1.54, 1.807) is 0 Å². The minimum atomic E-state index is -7.43. The molecule has 0 aromatic carbocycles. The van der Waals surface area contributed by atoms with E-state index in [1.807, 2.05) is 0 Å². The summed E-state index contributed by atoms with van der Waals surface area (Å²) in [6.07, 6.45) is -9.68. The van der Waals surface area contributed by atoms with Gasteiger partial charge in [-0.1, -0.05) is 13.3 Å². The van der Waals surface area contributed by atoms with Crippen LogP contribution in [-0.2, 0) is 0 Å². The maximum absolute atomic E-state index is 13.6. The third-order valence-electron chi connectivity index (χ3n) is 2.99. The van der Waals surface area contributed by atoms with Crippen molar-refractivity contribution >= 4 is 0 Å². The molecule has 0 amide bonds. The zero-order chi connectivity index (χ0) is 18.4. The summed E-state index contributed by atoms with van der Waals surface area (Å²) < 4.78 is 153. The van der Waals surface area contributed by atoms with Gasteiger partial charge in [-0.2, -0.15) is 39.5 Å². The first-order valence-corrected chi connectivity index (χ1v) is 5.58. The van der Waals surface area contributed by atoms with Gasteiger partial charge in [-0.15, -0.1) is 0 Å². The van der Waals surface area contributed by atoms with E-state index in [-0.39, 0.29) is 0 Å². The summed E-state index contributed by atoms with van der Waals surface area (Å²) in [4.78, 5) is 0. The largest absolute Gasteiger partial charge is 0.460 e. The van der Waals surface area contributed by atoms with E-state index in [9.17, 15) is 52.7 Å². The second-order valence-corrected chi connectivity index (χ2v) is 4.68. The fourth-order valence-electron chi connectivity index (χ4n) is 1.45. The van der Waals surface area contributed by atoms with E-state index >= 15 is 0 Å². The molecule has 0 aliphatic heterocycles. The van der Waals surface area contributed by atoms with Crippen molar-refractivity contribution in [1.82, 2.24) is 0 Å². The SMILES string of the molecule is CCCC(F)(F)C(C)(F)C(F)(F)C(F)(F)C(F)(F)C(F)(F)F. The lowest BCUT2D eigenvalue weighted by Crippen LogP contribution is -2.70. The van der Waals surface area contributed by atoms with Gasteiger partial charge in [0, 0.05) is 6.42 Å². The number of hydrogen-bond acceptors (Lipinski definition) is 0. The lowest BCUT2D eigenvalue weighted by atomic mass is 9.83. The summed E-state index contributed by atoms with van der Waals surface area (Å²) in [5.41, 5.74) is -5.64. The number of halogens is 12. The Kier molecular flexibility index (Phi) is 5.15. The lowest BCUT2D eigenvalue weighted by molar-refractivity contribution is -0.421. The van der Waals surface area contributed by atoms with Gasteiger partial charge in [-0.25, -0.2) is 13.2 Å². The van der Waals surface area contributed by atoms with Crippen molar-refractivity contribution in [2.24, 2.45) is 0 Å². The quantitative estimate of drug-likeness (QED) is 0.541. The van der Waals surface area contributed by atoms with Crippen molar-refractivity contribution in [3.05, 3.63) is 0 Å². The predicted molar refractivity (Wildman–Crippen MR) is 50.3 cm³/mol. The zero-order valence-corrected chi connectivity index (χ0v) is 10.9. The molecule has 0 saturated carbocycles. The smallest absolute Gasteiger partial charge is 0.231 e. The Hall–Kier alpha value is -0.840. The molecule has 0 spiro atoms. The van der Waals surface area contributed by atoms with E-state index < -0.39 is 55.3 Å². The highest BCUT2D eigenvalue weighted by atomic mass is 19.4. The number of rotatable bonds is 6. The van der Waals surface area contributed by atoms with Crippen molar-refractivity contribution in [3.63, 3.8) is 0 Å². The van der Waals surface area contributed by atoms with E-state index in [0.29, 0.717) is 0 Å². The van der Waals surface area contributed by atoms with E-state index in [0.717, 1.165) is 6.92 Å². The summed E-state index contributed by atoms with van der Waals surface area (Å²) in [5, 5.41) is 0. The Balaban J connectivity index is 6.11. The fraction of sp³-hybridized carbons (Fsp3) is 1.00. The molecule has 134 valence electrons. The van der Waals surface area contributed by atoms with Crippen molar-refractivity contribution in [3.8, 4) is 0 Å². The molecule has 0 nitrogen and oxygen atoms in total. The van der Waals surface area contributed by atoms with Crippen LogP contribution in [0.5, 0.6) is 0 Å². The maximum atomic E-state index is 13.6. The second kappa shape index (κ2) is 5.36. The van der Waals surface area contributed by atoms with Crippen LogP contribution in [0.25, 0.3) is 0 Å². The molecule has 0 rings (SSSR count). The standard InChI is InChI=1S/C10H10F12/c1-3-4-6(12,13)5(2,11)7(14,15)8(16,17)9(18,19)10(20,21)22/h3-4H2,1-2H3. The monoisotopic (exact) mass is 358 g/mol. The van der Waals surface area contributed by atoms with Crippen LogP contribution in [0, 0.1) is 0 Å². The molecule has 1 unspecified atom stereocenters. The van der Waals surface area contributed by atoms with Crippen LogP contribution in [0.3, 0.4) is 0 Å². The predicted octanol–water partition coefficient (Wildman–Crippen LogP) is 5.62. The van der Waals surface area contributed by atoms with E-state index in [2.05, 4.69) is 0 Å². The molecule has 0 aliphatic rings. The van der Waals surface area contributed by atoms with Crippen molar-refractivity contribution in [2.45, 2.75) is 62.2 Å². The molecule has 0 fully saturated rings. The van der Waals surface area contributed by atoms with Gasteiger partial charge in [0.25, 0.3) is 5.92 Å². The topological polar surface area (TPSA) is 0 Å². The first-order valence-electron chi connectivity index (χ1n) is 5.58. The Labute approximate surface area is 116 Å². The average Bonchev–Trinajstić information content (AvgIpc) is 2.26. The molecule has 0 heterocycles. The third-order valence-corrected chi connectivity index (χ3v) is 2.99. The van der Waals surface area contributed by atoms with Crippen molar-refractivity contribution in [2.75, 3.05) is 0 Å². The van der Waals surface area contributed by atoms with Crippen LogP contribution >= 0.6 is 0 Å². The molecular formula is C10H10F12. The Morgan fingerprint density at radius 3 is 1.23 bits per heavy atom. The summed E-state index contributed by atoms with van der Waals surface area (Å²) in [6.45, 7) is 0.0631. The van der Waals surface area contributed by atoms with Crippen LogP contribution < -0.4 is 0 Å². The van der Waals surface area contributed by atoms with Gasteiger partial charge in [-0.3, -0.25) is 0 Å². The molecule has 0 aromatic rings. The zero-order valence-electron chi connectivity index (χ0n) is 10.9. The normalized spacial score (nSPS) is 18.3. The molecule has 1 atom stereocenters. The van der Waals surface area contributed by atoms with Crippen LogP contribution in [0.1, 0.15) is 26.7 Å². The van der Waals surface area contributed by atoms with E-state index in [4.69, 9.17) is 0 Å². The van der Waals surface area contributed by atoms with Crippen molar-refractivity contribution in [1.29, 1.82) is 0 Å². The molecule has 22 heavy (non-hydrogen) atoms. The van der Waals surface area contributed by atoms with Crippen molar-refractivity contribution < 1.29 is 52.7 Å². The third kappa shape index (κ3) is 2.72. The van der Waals surface area contributed by atoms with Gasteiger partial charge in [0.05, 0.1) is 0 Å². The van der Waals surface area contributed by atoms with E-state index in [1.165, 1.54) is 0 Å². The van der Waals surface area contributed by atoms with Gasteiger partial charge in [0.2, 0.25) is 5.67 Å². The van der Waals surface area contributed by atoms with Crippen LogP contribution in [-0.4, -0.2) is 35.5 Å². The molecule has 0 N–H and O–H groups in total. The minimum Gasteiger partial charge on any atom is -0.231 e. The Morgan fingerprint density at radius 1 is 0.591 bits per heavy atom. The highest BCUT2D eigenvalue weighted by Crippen LogP contribution is 2.60. The summed E-state index contributed by atoms with van der Waals surface area (Å²) in [6, 6.07) is 0. The molecule has 0 radical (unpaired) electrons. The molecular weight excluding hydrogens is 348 g/mol. The molecule has 12 heteroatoms. The highest BCUT2D eigenvalue weighted by Gasteiger charge is 2.88. The molecule has 0 aromatic heterocycles. The van der Waals surface area contributed by atoms with Crippen LogP contribution in [0.4, 0.5) is 52.7 Å². The fourth-order valence-corrected chi connectivity index (χ4v) is 1.45. The molecule has 0 bridgehead atoms. The Morgan fingerprint density at radius 2 is 0.955 bits per heavy atom. The number of alkyl halides is 12. The first-order chi connectivity index (χ1) is 9.31. The molecule has 0 saturated heterocycles.